The van der Waals surface area contributed by atoms with E-state index in [1.807, 2.05) is 20.1 Å². The molecule has 1 fully saturated rings. The fourth-order valence-electron chi connectivity index (χ4n) is 4.46. The highest BCUT2D eigenvalue weighted by Gasteiger charge is 2.38. The summed E-state index contributed by atoms with van der Waals surface area (Å²) in [5.74, 6) is 0.0147. The monoisotopic (exact) mass is 521 g/mol. The number of hydrogen-bond donors (Lipinski definition) is 3. The van der Waals surface area contributed by atoms with Crippen LogP contribution in [0.5, 0.6) is 5.75 Å². The zero-order valence-electron chi connectivity index (χ0n) is 22.5. The third kappa shape index (κ3) is 9.22. The SMILES string of the molecule is CSCCC(NC(=O)OC(C)(C)C)C(=O)N(C(C)C)C(C(=O)NC1CCCCC1)c1cccc(O)c1. The Bertz CT molecular complexity index is 880. The van der Waals surface area contributed by atoms with Gasteiger partial charge in [-0.05, 0) is 83.6 Å². The lowest BCUT2D eigenvalue weighted by Crippen LogP contribution is -2.56. The molecule has 36 heavy (non-hydrogen) atoms. The van der Waals surface area contributed by atoms with E-state index in [4.69, 9.17) is 4.74 Å². The van der Waals surface area contributed by atoms with Gasteiger partial charge in [0, 0.05) is 12.1 Å². The van der Waals surface area contributed by atoms with E-state index in [9.17, 15) is 19.5 Å². The first-order valence-corrected chi connectivity index (χ1v) is 14.2. The van der Waals surface area contributed by atoms with E-state index in [-0.39, 0.29) is 29.6 Å². The third-order valence-electron chi connectivity index (χ3n) is 6.07. The molecule has 0 aromatic heterocycles. The van der Waals surface area contributed by atoms with E-state index < -0.39 is 23.8 Å². The van der Waals surface area contributed by atoms with Gasteiger partial charge in [-0.3, -0.25) is 9.59 Å². The Morgan fingerprint density at radius 3 is 2.39 bits per heavy atom. The average molecular weight is 522 g/mol. The fraction of sp³-hybridized carbons (Fsp3) is 0.667. The summed E-state index contributed by atoms with van der Waals surface area (Å²) in [6, 6.07) is 4.35. The standard InChI is InChI=1S/C27H43N3O5S/c1-18(2)30(25(33)22(15-16-36-6)29-26(34)35-27(3,4)5)23(19-11-10-14-21(31)17-19)24(32)28-20-12-8-7-9-13-20/h10-11,14,17-18,20,22-23,31H,7-9,12-13,15-16H2,1-6H3,(H,28,32)(H,29,34). The number of nitrogens with one attached hydrogen (secondary N) is 2. The molecule has 3 N–H and O–H groups in total. The molecular formula is C27H43N3O5S. The van der Waals surface area contributed by atoms with Crippen LogP contribution in [0.4, 0.5) is 4.79 Å². The normalized spacial score (nSPS) is 16.2. The Kier molecular flexibility index (Phi) is 11.4. The Balaban J connectivity index is 2.41. The predicted molar refractivity (Wildman–Crippen MR) is 144 cm³/mol. The minimum atomic E-state index is -0.955. The average Bonchev–Trinajstić information content (AvgIpc) is 2.78. The molecule has 1 aliphatic rings. The number of phenolic OH excluding ortho intramolecular Hbond substituents is 1. The lowest BCUT2D eigenvalue weighted by Gasteiger charge is -2.38. The summed E-state index contributed by atoms with van der Waals surface area (Å²) in [7, 11) is 0. The topological polar surface area (TPSA) is 108 Å². The molecule has 0 saturated heterocycles. The van der Waals surface area contributed by atoms with Gasteiger partial charge < -0.3 is 25.4 Å². The number of thioether (sulfide) groups is 1. The lowest BCUT2D eigenvalue weighted by molar-refractivity contribution is -0.145. The summed E-state index contributed by atoms with van der Waals surface area (Å²) < 4.78 is 5.41. The van der Waals surface area contributed by atoms with Crippen molar-refractivity contribution in [3.63, 3.8) is 0 Å². The van der Waals surface area contributed by atoms with Gasteiger partial charge >= 0.3 is 6.09 Å². The Morgan fingerprint density at radius 2 is 1.83 bits per heavy atom. The van der Waals surface area contributed by atoms with Crippen LogP contribution in [0.15, 0.2) is 24.3 Å². The first-order chi connectivity index (χ1) is 16.9. The van der Waals surface area contributed by atoms with Crippen LogP contribution in [-0.4, -0.2) is 63.6 Å². The van der Waals surface area contributed by atoms with Crippen LogP contribution in [-0.2, 0) is 14.3 Å². The van der Waals surface area contributed by atoms with Crippen molar-refractivity contribution >= 4 is 29.7 Å². The summed E-state index contributed by atoms with van der Waals surface area (Å²) in [4.78, 5) is 41.8. The number of amides is 3. The molecule has 3 amide bonds. The molecule has 2 unspecified atom stereocenters. The van der Waals surface area contributed by atoms with E-state index in [0.717, 1.165) is 32.1 Å². The number of ether oxygens (including phenoxy) is 1. The van der Waals surface area contributed by atoms with Crippen LogP contribution in [0.25, 0.3) is 0 Å². The number of carbonyl (C=O) groups is 3. The number of alkyl carbamates (subject to hydrolysis) is 1. The van der Waals surface area contributed by atoms with Crippen LogP contribution in [0.1, 0.15) is 84.7 Å². The van der Waals surface area contributed by atoms with Crippen molar-refractivity contribution in [2.24, 2.45) is 0 Å². The molecule has 8 nitrogen and oxygen atoms in total. The van der Waals surface area contributed by atoms with E-state index in [1.165, 1.54) is 17.0 Å². The molecule has 0 aliphatic heterocycles. The van der Waals surface area contributed by atoms with Crippen molar-refractivity contribution < 1.29 is 24.2 Å². The van der Waals surface area contributed by atoms with Crippen LogP contribution in [0.2, 0.25) is 0 Å². The first-order valence-electron chi connectivity index (χ1n) is 12.8. The van der Waals surface area contributed by atoms with Gasteiger partial charge in [0.15, 0.2) is 0 Å². The fourth-order valence-corrected chi connectivity index (χ4v) is 4.93. The Hall–Kier alpha value is -2.42. The van der Waals surface area contributed by atoms with Gasteiger partial charge in [-0.1, -0.05) is 31.4 Å². The van der Waals surface area contributed by atoms with Gasteiger partial charge in [0.25, 0.3) is 0 Å². The molecule has 0 radical (unpaired) electrons. The number of hydrogen-bond acceptors (Lipinski definition) is 6. The molecular weight excluding hydrogens is 478 g/mol. The van der Waals surface area contributed by atoms with Crippen LogP contribution in [0.3, 0.4) is 0 Å². The summed E-state index contributed by atoms with van der Waals surface area (Å²) in [5, 5.41) is 16.1. The van der Waals surface area contributed by atoms with Gasteiger partial charge in [0.05, 0.1) is 0 Å². The van der Waals surface area contributed by atoms with Crippen molar-refractivity contribution in [2.45, 2.75) is 103 Å². The zero-order chi connectivity index (χ0) is 26.9. The van der Waals surface area contributed by atoms with Gasteiger partial charge in [-0.15, -0.1) is 0 Å². The number of aromatic hydroxyl groups is 1. The summed E-state index contributed by atoms with van der Waals surface area (Å²) >= 11 is 1.57. The molecule has 1 aliphatic carbocycles. The predicted octanol–water partition coefficient (Wildman–Crippen LogP) is 4.77. The molecule has 1 aromatic rings. The largest absolute Gasteiger partial charge is 0.508 e. The third-order valence-corrected chi connectivity index (χ3v) is 6.72. The second-order valence-electron chi connectivity index (χ2n) is 10.7. The van der Waals surface area contributed by atoms with Crippen molar-refractivity contribution in [1.82, 2.24) is 15.5 Å². The van der Waals surface area contributed by atoms with Crippen molar-refractivity contribution in [3.8, 4) is 5.75 Å². The van der Waals surface area contributed by atoms with Crippen LogP contribution in [0, 0.1) is 0 Å². The molecule has 1 aromatic carbocycles. The summed E-state index contributed by atoms with van der Waals surface area (Å²) in [6.07, 6.45) is 6.74. The van der Waals surface area contributed by atoms with E-state index in [0.29, 0.717) is 17.7 Å². The molecule has 0 bridgehead atoms. The Morgan fingerprint density at radius 1 is 1.17 bits per heavy atom. The number of carbonyl (C=O) groups excluding carboxylic acids is 3. The lowest BCUT2D eigenvalue weighted by atomic mass is 9.94. The first kappa shape index (κ1) is 29.8. The van der Waals surface area contributed by atoms with Crippen LogP contribution < -0.4 is 10.6 Å². The van der Waals surface area contributed by atoms with Gasteiger partial charge in [-0.25, -0.2) is 4.79 Å². The number of rotatable bonds is 10. The van der Waals surface area contributed by atoms with E-state index >= 15 is 0 Å². The Labute approximate surface area is 219 Å². The maximum atomic E-state index is 14.0. The minimum Gasteiger partial charge on any atom is -0.508 e. The molecule has 2 atom stereocenters. The van der Waals surface area contributed by atoms with Crippen LogP contribution >= 0.6 is 11.8 Å². The van der Waals surface area contributed by atoms with Crippen molar-refractivity contribution in [3.05, 3.63) is 29.8 Å². The molecule has 202 valence electrons. The number of phenols is 1. The second-order valence-corrected chi connectivity index (χ2v) is 11.6. The maximum absolute atomic E-state index is 14.0. The zero-order valence-corrected chi connectivity index (χ0v) is 23.3. The smallest absolute Gasteiger partial charge is 0.408 e. The van der Waals surface area contributed by atoms with Gasteiger partial charge in [0.2, 0.25) is 11.8 Å². The quantitative estimate of drug-likeness (QED) is 0.410. The summed E-state index contributed by atoms with van der Waals surface area (Å²) in [5.41, 5.74) is -0.190. The highest BCUT2D eigenvalue weighted by molar-refractivity contribution is 7.98. The number of nitrogens with zero attached hydrogens (tertiary/aromatic N) is 1. The molecule has 0 spiro atoms. The minimum absolute atomic E-state index is 0.0185. The maximum Gasteiger partial charge on any atom is 0.408 e. The van der Waals surface area contributed by atoms with E-state index in [2.05, 4.69) is 10.6 Å². The molecule has 1 saturated carbocycles. The van der Waals surface area contributed by atoms with Gasteiger partial charge in [-0.2, -0.15) is 11.8 Å². The molecule has 2 rings (SSSR count). The highest BCUT2D eigenvalue weighted by atomic mass is 32.2. The molecule has 0 heterocycles. The van der Waals surface area contributed by atoms with Crippen molar-refractivity contribution in [1.29, 1.82) is 0 Å². The molecule has 9 heteroatoms. The summed E-state index contributed by atoms with van der Waals surface area (Å²) in [6.45, 7) is 8.99. The van der Waals surface area contributed by atoms with E-state index in [1.54, 1.807) is 44.7 Å². The van der Waals surface area contributed by atoms with Gasteiger partial charge in [0.1, 0.15) is 23.4 Å². The number of benzene rings is 1. The highest BCUT2D eigenvalue weighted by Crippen LogP contribution is 2.29. The second kappa shape index (κ2) is 13.8. The van der Waals surface area contributed by atoms with Crippen molar-refractivity contribution in [2.75, 3.05) is 12.0 Å².